The van der Waals surface area contributed by atoms with Crippen LogP contribution in [0.1, 0.15) is 13.8 Å². The molecule has 0 fully saturated rings. The Hall–Kier alpha value is -1.05. The minimum atomic E-state index is 0.723. The highest BCUT2D eigenvalue weighted by Crippen LogP contribution is 1.89. The summed E-state index contributed by atoms with van der Waals surface area (Å²) in [6.45, 7) is 3.83. The summed E-state index contributed by atoms with van der Waals surface area (Å²) in [6, 6.07) is 0. The maximum atomic E-state index is 5.59. The molecule has 0 aromatic rings. The van der Waals surface area contributed by atoms with Crippen molar-refractivity contribution in [2.45, 2.75) is 13.8 Å². The predicted octanol–water partition coefficient (Wildman–Crippen LogP) is 1.50. The highest BCUT2D eigenvalue weighted by atomic mass is 14.7. The van der Waals surface area contributed by atoms with Crippen LogP contribution in [0.15, 0.2) is 28.9 Å². The molecule has 0 aromatic carbocycles. The molecule has 0 unspecified atom stereocenters. The molecule has 0 aliphatic heterocycles. The van der Waals surface area contributed by atoms with Gasteiger partial charge in [0.2, 0.25) is 0 Å². The fourth-order valence-corrected chi connectivity index (χ4v) is 0.450. The van der Waals surface area contributed by atoms with Crippen LogP contribution >= 0.6 is 0 Å². The summed E-state index contributed by atoms with van der Waals surface area (Å²) in [5.74, 6) is 0. The molecule has 0 saturated heterocycles. The first-order valence-corrected chi connectivity index (χ1v) is 3.24. The maximum absolute atomic E-state index is 5.59. The third-order valence-electron chi connectivity index (χ3n) is 1.22. The summed E-state index contributed by atoms with van der Waals surface area (Å²) in [5, 5.41) is 0. The second-order valence-corrected chi connectivity index (χ2v) is 1.96. The van der Waals surface area contributed by atoms with Gasteiger partial charge in [-0.15, -0.1) is 0 Å². The van der Waals surface area contributed by atoms with Gasteiger partial charge in [0.15, 0.2) is 0 Å². The first kappa shape index (κ1) is 8.95. The van der Waals surface area contributed by atoms with Gasteiger partial charge in [0, 0.05) is 7.05 Å². The minimum Gasteiger partial charge on any atom is -0.397 e. The summed E-state index contributed by atoms with van der Waals surface area (Å²) in [5.41, 5.74) is 7.19. The Balaban J connectivity index is 4.19. The van der Waals surface area contributed by atoms with E-state index in [-0.39, 0.29) is 0 Å². The van der Waals surface area contributed by atoms with E-state index in [0.29, 0.717) is 0 Å². The summed E-state index contributed by atoms with van der Waals surface area (Å²) < 4.78 is 0. The maximum Gasteiger partial charge on any atom is 0.0542 e. The van der Waals surface area contributed by atoms with Crippen molar-refractivity contribution in [1.82, 2.24) is 0 Å². The molecule has 0 radical (unpaired) electrons. The largest absolute Gasteiger partial charge is 0.397 e. The lowest BCUT2D eigenvalue weighted by Gasteiger charge is -1.95. The SMILES string of the molecule is C/C=C\C=C(\N)C(C)=NC. The topological polar surface area (TPSA) is 38.4 Å². The van der Waals surface area contributed by atoms with Gasteiger partial charge in [-0.25, -0.2) is 0 Å². The van der Waals surface area contributed by atoms with Crippen molar-refractivity contribution in [2.75, 3.05) is 7.05 Å². The molecule has 0 spiro atoms. The number of hydrogen-bond donors (Lipinski definition) is 1. The zero-order valence-electron chi connectivity index (χ0n) is 6.76. The molecule has 0 heterocycles. The van der Waals surface area contributed by atoms with Crippen molar-refractivity contribution in [2.24, 2.45) is 10.7 Å². The van der Waals surface area contributed by atoms with Crippen molar-refractivity contribution in [1.29, 1.82) is 0 Å². The average molecular weight is 138 g/mol. The van der Waals surface area contributed by atoms with Crippen LogP contribution < -0.4 is 5.73 Å². The van der Waals surface area contributed by atoms with E-state index in [2.05, 4.69) is 4.99 Å². The molecule has 0 bridgehead atoms. The van der Waals surface area contributed by atoms with Crippen LogP contribution in [-0.2, 0) is 0 Å². The zero-order valence-corrected chi connectivity index (χ0v) is 6.76. The lowest BCUT2D eigenvalue weighted by Crippen LogP contribution is -2.06. The normalized spacial score (nSPS) is 14.7. The molecule has 56 valence electrons. The molecule has 0 amide bonds. The number of aliphatic imine (C=N–C) groups is 1. The fraction of sp³-hybridized carbons (Fsp3) is 0.375. The van der Waals surface area contributed by atoms with Crippen molar-refractivity contribution in [3.63, 3.8) is 0 Å². The second kappa shape index (κ2) is 4.79. The van der Waals surface area contributed by atoms with Gasteiger partial charge in [-0.1, -0.05) is 12.2 Å². The smallest absolute Gasteiger partial charge is 0.0542 e. The van der Waals surface area contributed by atoms with Gasteiger partial charge >= 0.3 is 0 Å². The first-order valence-electron chi connectivity index (χ1n) is 3.24. The monoisotopic (exact) mass is 138 g/mol. The summed E-state index contributed by atoms with van der Waals surface area (Å²) in [6.07, 6.45) is 5.65. The van der Waals surface area contributed by atoms with E-state index in [1.807, 2.05) is 32.1 Å². The lowest BCUT2D eigenvalue weighted by molar-refractivity contribution is 1.36. The highest BCUT2D eigenvalue weighted by Gasteiger charge is 1.89. The number of hydrogen-bond acceptors (Lipinski definition) is 2. The first-order chi connectivity index (χ1) is 4.72. The number of allylic oxidation sites excluding steroid dienone is 4. The van der Waals surface area contributed by atoms with Crippen LogP contribution in [0.4, 0.5) is 0 Å². The van der Waals surface area contributed by atoms with Gasteiger partial charge in [0.05, 0.1) is 11.4 Å². The molecule has 2 heteroatoms. The molecule has 0 aliphatic rings. The van der Waals surface area contributed by atoms with E-state index in [0.717, 1.165) is 11.4 Å². The number of rotatable bonds is 2. The Morgan fingerprint density at radius 1 is 1.50 bits per heavy atom. The predicted molar refractivity (Wildman–Crippen MR) is 46.1 cm³/mol. The van der Waals surface area contributed by atoms with E-state index < -0.39 is 0 Å². The Labute approximate surface area is 62.1 Å². The fourth-order valence-electron chi connectivity index (χ4n) is 0.450. The molecular formula is C8H14N2. The highest BCUT2D eigenvalue weighted by molar-refractivity contribution is 5.97. The molecule has 2 N–H and O–H groups in total. The molecule has 0 rings (SSSR count). The molecule has 0 atom stereocenters. The van der Waals surface area contributed by atoms with Gasteiger partial charge in [-0.2, -0.15) is 0 Å². The van der Waals surface area contributed by atoms with E-state index >= 15 is 0 Å². The van der Waals surface area contributed by atoms with Gasteiger partial charge in [-0.3, -0.25) is 4.99 Å². The summed E-state index contributed by atoms with van der Waals surface area (Å²) >= 11 is 0. The lowest BCUT2D eigenvalue weighted by atomic mass is 10.3. The molecule has 0 aliphatic carbocycles. The van der Waals surface area contributed by atoms with Crippen molar-refractivity contribution >= 4 is 5.71 Å². The third kappa shape index (κ3) is 3.07. The van der Waals surface area contributed by atoms with E-state index in [4.69, 9.17) is 5.73 Å². The van der Waals surface area contributed by atoms with Crippen molar-refractivity contribution in [3.8, 4) is 0 Å². The Bertz CT molecular complexity index is 176. The molecule has 0 aromatic heterocycles. The zero-order chi connectivity index (χ0) is 7.98. The summed E-state index contributed by atoms with van der Waals surface area (Å²) in [4.78, 5) is 3.93. The molecule has 2 nitrogen and oxygen atoms in total. The van der Waals surface area contributed by atoms with Gasteiger partial charge < -0.3 is 5.73 Å². The van der Waals surface area contributed by atoms with Crippen molar-refractivity contribution in [3.05, 3.63) is 23.9 Å². The van der Waals surface area contributed by atoms with E-state index in [9.17, 15) is 0 Å². The standard InChI is InChI=1S/C8H14N2/c1-4-5-6-8(9)7(2)10-3/h4-6H,9H2,1-3H3/b5-4-,8-6+,10-7?. The van der Waals surface area contributed by atoms with Crippen molar-refractivity contribution < 1.29 is 0 Å². The van der Waals surface area contributed by atoms with Gasteiger partial charge in [-0.05, 0) is 19.9 Å². The average Bonchev–Trinajstić information content (AvgIpc) is 1.98. The Morgan fingerprint density at radius 3 is 2.50 bits per heavy atom. The number of nitrogens with two attached hydrogens (primary N) is 1. The molecule has 10 heavy (non-hydrogen) atoms. The van der Waals surface area contributed by atoms with E-state index in [1.54, 1.807) is 7.05 Å². The quantitative estimate of drug-likeness (QED) is 0.455. The Morgan fingerprint density at radius 2 is 2.10 bits per heavy atom. The van der Waals surface area contributed by atoms with Crippen LogP contribution in [0, 0.1) is 0 Å². The third-order valence-corrected chi connectivity index (χ3v) is 1.22. The second-order valence-electron chi connectivity index (χ2n) is 1.96. The van der Waals surface area contributed by atoms with Gasteiger partial charge in [0.1, 0.15) is 0 Å². The molecular weight excluding hydrogens is 124 g/mol. The van der Waals surface area contributed by atoms with Crippen LogP contribution in [0.5, 0.6) is 0 Å². The van der Waals surface area contributed by atoms with Gasteiger partial charge in [0.25, 0.3) is 0 Å². The minimum absolute atomic E-state index is 0.723. The van der Waals surface area contributed by atoms with Crippen LogP contribution in [0.2, 0.25) is 0 Å². The summed E-state index contributed by atoms with van der Waals surface area (Å²) in [7, 11) is 1.73. The van der Waals surface area contributed by atoms with Crippen LogP contribution in [0.25, 0.3) is 0 Å². The molecule has 0 saturated carbocycles. The van der Waals surface area contributed by atoms with E-state index in [1.165, 1.54) is 0 Å². The van der Waals surface area contributed by atoms with Crippen LogP contribution in [0.3, 0.4) is 0 Å². The number of nitrogens with zero attached hydrogens (tertiary/aromatic N) is 1. The van der Waals surface area contributed by atoms with Crippen LogP contribution in [-0.4, -0.2) is 12.8 Å². The Kier molecular flexibility index (Phi) is 4.29.